The van der Waals surface area contributed by atoms with Gasteiger partial charge in [0.05, 0.1) is 50.3 Å². The molecule has 3 aromatic carbocycles. The van der Waals surface area contributed by atoms with Crippen molar-refractivity contribution in [2.45, 2.75) is 98.0 Å². The Morgan fingerprint density at radius 3 is 2.60 bits per heavy atom. The highest BCUT2D eigenvalue weighted by atomic mass is 16.5. The molecule has 0 saturated carbocycles. The standard InChI is InChI=1S/C54H66N8O6/c1-8-61-48-19-14-39-27-43(48)44(50(61)45-30-55-22-20-40(45)32-66-6)28-54(4,5)33-68-53(65)46-13-10-23-62(59-46)52(64)47(26-36-11-9-12-38(39)25-36)58-51(63)49(35(2)3)60-24-21-37(31-60)29-56-34-57-41-15-17-42(67-7)18-16-41/h9,11-12,14-20,22,25,27,30,35,37,46-47,49,59H,8,10,13,21,23-24,26,28-29,31-33H2,1-7H3,(H,58,63)/t37-,46-,47-,49?/m0/s1. The number of carbonyl (C=O) groups is 3. The van der Waals surface area contributed by atoms with Gasteiger partial charge in [0.2, 0.25) is 5.91 Å². The minimum atomic E-state index is -0.910. The number of ether oxygens (including phenoxy) is 3. The van der Waals surface area contributed by atoms with Crippen LogP contribution in [0.25, 0.3) is 33.3 Å². The highest BCUT2D eigenvalue weighted by molar-refractivity contribution is 5.95. The number of nitrogens with zero attached hydrogens (tertiary/aromatic N) is 6. The molecular weight excluding hydrogens is 857 g/mol. The van der Waals surface area contributed by atoms with Crippen LogP contribution in [0.2, 0.25) is 0 Å². The lowest BCUT2D eigenvalue weighted by molar-refractivity contribution is -0.155. The van der Waals surface area contributed by atoms with Crippen LogP contribution in [-0.4, -0.2) is 108 Å². The number of rotatable bonds is 12. The Labute approximate surface area is 400 Å². The number of benzene rings is 3. The molecule has 2 amide bonds. The number of nitrogens with one attached hydrogen (secondary N) is 2. The average Bonchev–Trinajstić information content (AvgIpc) is 3.93. The Bertz CT molecular complexity index is 2670. The van der Waals surface area contributed by atoms with Gasteiger partial charge in [0.25, 0.3) is 5.91 Å². The summed E-state index contributed by atoms with van der Waals surface area (Å²) in [6.07, 6.45) is 6.60. The number of hydrogen-bond acceptors (Lipinski definition) is 11. The normalized spacial score (nSPS) is 20.4. The number of aliphatic imine (C=N–C) groups is 2. The third kappa shape index (κ3) is 10.9. The molecule has 8 rings (SSSR count). The lowest BCUT2D eigenvalue weighted by atomic mass is 9.84. The van der Waals surface area contributed by atoms with E-state index in [2.05, 4.69) is 92.3 Å². The molecule has 6 bridgehead atoms. The summed E-state index contributed by atoms with van der Waals surface area (Å²) >= 11 is 0. The highest BCUT2D eigenvalue weighted by Gasteiger charge is 2.39. The maximum Gasteiger partial charge on any atom is 0.324 e. The first-order chi connectivity index (χ1) is 32.9. The van der Waals surface area contributed by atoms with E-state index in [-0.39, 0.29) is 36.7 Å². The van der Waals surface area contributed by atoms with Crippen LogP contribution < -0.4 is 15.5 Å². The van der Waals surface area contributed by atoms with Gasteiger partial charge in [-0.05, 0) is 121 Å². The van der Waals surface area contributed by atoms with E-state index in [4.69, 9.17) is 14.2 Å². The number of hydrogen-bond donors (Lipinski definition) is 2. The molecule has 2 aromatic heterocycles. The molecule has 0 spiro atoms. The van der Waals surface area contributed by atoms with Crippen molar-refractivity contribution in [1.82, 2.24) is 30.2 Å². The summed E-state index contributed by atoms with van der Waals surface area (Å²) in [5.74, 6) is 0.0584. The van der Waals surface area contributed by atoms with Crippen LogP contribution in [0.15, 0.2) is 95.2 Å². The molecular formula is C54H66N8O6. The summed E-state index contributed by atoms with van der Waals surface area (Å²) in [6.45, 7) is 14.2. The number of amides is 2. The smallest absolute Gasteiger partial charge is 0.324 e. The molecule has 0 aliphatic carbocycles. The zero-order valence-corrected chi connectivity index (χ0v) is 40.6. The molecule has 2 fully saturated rings. The van der Waals surface area contributed by atoms with E-state index in [1.165, 1.54) is 5.01 Å². The van der Waals surface area contributed by atoms with Gasteiger partial charge in [-0.3, -0.25) is 29.3 Å². The minimum Gasteiger partial charge on any atom is -0.497 e. The van der Waals surface area contributed by atoms with Gasteiger partial charge in [-0.25, -0.2) is 10.4 Å². The van der Waals surface area contributed by atoms with E-state index in [1.54, 1.807) is 20.4 Å². The van der Waals surface area contributed by atoms with E-state index in [1.807, 2.05) is 62.5 Å². The summed E-state index contributed by atoms with van der Waals surface area (Å²) in [4.78, 5) is 59.0. The number of hydrazine groups is 1. The van der Waals surface area contributed by atoms with Gasteiger partial charge in [0.15, 0.2) is 0 Å². The van der Waals surface area contributed by atoms with Crippen molar-refractivity contribution in [1.29, 1.82) is 0 Å². The summed E-state index contributed by atoms with van der Waals surface area (Å²) in [5, 5.41) is 5.86. The number of pyridine rings is 1. The van der Waals surface area contributed by atoms with Gasteiger partial charge in [0, 0.05) is 67.4 Å². The first-order valence-corrected chi connectivity index (χ1v) is 24.1. The number of cyclic esters (lactones) is 1. The van der Waals surface area contributed by atoms with E-state index in [9.17, 15) is 14.4 Å². The fourth-order valence-corrected chi connectivity index (χ4v) is 10.2. The van der Waals surface area contributed by atoms with Crippen LogP contribution in [0.5, 0.6) is 5.75 Å². The summed E-state index contributed by atoms with van der Waals surface area (Å²) in [5.41, 5.74) is 11.8. The molecule has 2 saturated heterocycles. The third-order valence-corrected chi connectivity index (χ3v) is 13.5. The maximum absolute atomic E-state index is 14.8. The number of methoxy groups -OCH3 is 2. The monoisotopic (exact) mass is 923 g/mol. The molecule has 1 unspecified atom stereocenters. The molecule has 2 N–H and O–H groups in total. The molecule has 14 heteroatoms. The summed E-state index contributed by atoms with van der Waals surface area (Å²) in [6, 6.07) is 25.0. The highest BCUT2D eigenvalue weighted by Crippen LogP contribution is 2.41. The predicted molar refractivity (Wildman–Crippen MR) is 265 cm³/mol. The zero-order chi connectivity index (χ0) is 48.0. The molecule has 4 atom stereocenters. The third-order valence-electron chi connectivity index (χ3n) is 13.5. The number of aromatic nitrogens is 2. The van der Waals surface area contributed by atoms with Crippen LogP contribution in [0.1, 0.15) is 70.6 Å². The molecule has 3 aliphatic heterocycles. The van der Waals surface area contributed by atoms with Gasteiger partial charge >= 0.3 is 5.97 Å². The van der Waals surface area contributed by atoms with Crippen molar-refractivity contribution < 1.29 is 28.6 Å². The molecule has 0 radical (unpaired) electrons. The van der Waals surface area contributed by atoms with Crippen LogP contribution in [0, 0.1) is 17.3 Å². The lowest BCUT2D eigenvalue weighted by Gasteiger charge is -2.36. The molecule has 68 heavy (non-hydrogen) atoms. The zero-order valence-electron chi connectivity index (χ0n) is 40.6. The van der Waals surface area contributed by atoms with Crippen molar-refractivity contribution in [3.05, 3.63) is 102 Å². The van der Waals surface area contributed by atoms with Gasteiger partial charge < -0.3 is 24.1 Å². The summed E-state index contributed by atoms with van der Waals surface area (Å²) < 4.78 is 19.4. The quantitative estimate of drug-likeness (QED) is 0.0936. The Balaban J connectivity index is 1.11. The van der Waals surface area contributed by atoms with Crippen molar-refractivity contribution in [3.8, 4) is 28.1 Å². The van der Waals surface area contributed by atoms with Gasteiger partial charge in [0.1, 0.15) is 17.8 Å². The van der Waals surface area contributed by atoms with E-state index in [0.717, 1.165) is 80.9 Å². The maximum atomic E-state index is 14.8. The van der Waals surface area contributed by atoms with Gasteiger partial charge in [-0.1, -0.05) is 58.0 Å². The average molecular weight is 923 g/mol. The Morgan fingerprint density at radius 1 is 1.03 bits per heavy atom. The van der Waals surface area contributed by atoms with Crippen LogP contribution in [0.4, 0.5) is 5.69 Å². The summed E-state index contributed by atoms with van der Waals surface area (Å²) in [7, 11) is 3.33. The van der Waals surface area contributed by atoms with Crippen LogP contribution in [0.3, 0.4) is 0 Å². The number of fused-ring (bicyclic) bond motifs is 6. The number of esters is 1. The Hall–Kier alpha value is -6.18. The molecule has 5 aromatic rings. The second-order valence-electron chi connectivity index (χ2n) is 19.6. The van der Waals surface area contributed by atoms with E-state index in [0.29, 0.717) is 45.5 Å². The number of aryl methyl sites for hydroxylation is 1. The van der Waals surface area contributed by atoms with E-state index < -0.39 is 29.5 Å². The van der Waals surface area contributed by atoms with Gasteiger partial charge in [-0.2, -0.15) is 4.99 Å². The number of likely N-dealkylation sites (tertiary alicyclic amines) is 1. The topological polar surface area (TPSA) is 152 Å². The van der Waals surface area contributed by atoms with Gasteiger partial charge in [-0.15, -0.1) is 0 Å². The molecule has 3 aliphatic rings. The lowest BCUT2D eigenvalue weighted by Crippen LogP contribution is -2.62. The van der Waals surface area contributed by atoms with Crippen molar-refractivity contribution in [3.63, 3.8) is 0 Å². The molecule has 5 heterocycles. The molecule has 358 valence electrons. The van der Waals surface area contributed by atoms with Crippen molar-refractivity contribution in [2.75, 3.05) is 47.0 Å². The van der Waals surface area contributed by atoms with Crippen molar-refractivity contribution in [2.24, 2.45) is 27.2 Å². The fourth-order valence-electron chi connectivity index (χ4n) is 10.2. The number of carbonyl (C=O) groups excluding carboxylic acids is 3. The van der Waals surface area contributed by atoms with Crippen LogP contribution >= 0.6 is 0 Å². The van der Waals surface area contributed by atoms with E-state index >= 15 is 0 Å². The Morgan fingerprint density at radius 2 is 1.84 bits per heavy atom. The van der Waals surface area contributed by atoms with Crippen LogP contribution in [-0.2, 0) is 49.9 Å². The SMILES string of the molecule is CCn1c(-c2cnccc2COC)c2c3cc(ccc31)-c1cccc(c1)C[C@H](NC(=O)C(C(C)C)N1CC[C@@H](CN=C=Nc3ccc(OC)cc3)C1)C(=O)N1CCC[C@H](N1)C(=O)OCC(C)(C)C2. The first kappa shape index (κ1) is 48.3. The minimum absolute atomic E-state index is 0.0318. The predicted octanol–water partition coefficient (Wildman–Crippen LogP) is 8.05. The largest absolute Gasteiger partial charge is 0.497 e. The van der Waals surface area contributed by atoms with Crippen molar-refractivity contribution >= 4 is 40.4 Å². The first-order valence-electron chi connectivity index (χ1n) is 24.1. The Kier molecular flexibility index (Phi) is 15.2. The second-order valence-corrected chi connectivity index (χ2v) is 19.6. The molecule has 14 nitrogen and oxygen atoms in total. The second kappa shape index (κ2) is 21.4. The fraction of sp³-hybridized carbons (Fsp3) is 0.463.